The van der Waals surface area contributed by atoms with Crippen LogP contribution in [0.1, 0.15) is 10.4 Å². The molecule has 1 aromatic carbocycles. The molecular formula is C13H16N2O6. The van der Waals surface area contributed by atoms with E-state index in [4.69, 9.17) is 14.6 Å². The Balaban J connectivity index is 2.29. The van der Waals surface area contributed by atoms with E-state index < -0.39 is 10.9 Å². The van der Waals surface area contributed by atoms with Gasteiger partial charge in [-0.05, 0) is 12.1 Å². The van der Waals surface area contributed by atoms with Crippen LogP contribution in [0.5, 0.6) is 0 Å². The number of aliphatic hydroxyl groups is 1. The first-order chi connectivity index (χ1) is 10.1. The van der Waals surface area contributed by atoms with Crippen molar-refractivity contribution >= 4 is 17.3 Å². The molecule has 0 bridgehead atoms. The van der Waals surface area contributed by atoms with Gasteiger partial charge in [0.25, 0.3) is 5.69 Å². The van der Waals surface area contributed by atoms with Crippen LogP contribution in [0.4, 0.5) is 11.4 Å². The monoisotopic (exact) mass is 296 g/mol. The van der Waals surface area contributed by atoms with Crippen molar-refractivity contribution < 1.29 is 24.3 Å². The van der Waals surface area contributed by atoms with Crippen LogP contribution >= 0.6 is 0 Å². The number of rotatable bonds is 5. The first-order valence-corrected chi connectivity index (χ1v) is 6.52. The normalized spacial score (nSPS) is 14.8. The molecule has 2 rings (SSSR count). The minimum absolute atomic E-state index is 0.113. The third-order valence-electron chi connectivity index (χ3n) is 3.10. The quantitative estimate of drug-likeness (QED) is 0.481. The van der Waals surface area contributed by atoms with Crippen molar-refractivity contribution in [2.45, 2.75) is 0 Å². The van der Waals surface area contributed by atoms with Gasteiger partial charge in [0.2, 0.25) is 0 Å². The van der Waals surface area contributed by atoms with Gasteiger partial charge in [0, 0.05) is 24.8 Å². The summed E-state index contributed by atoms with van der Waals surface area (Å²) >= 11 is 0. The first-order valence-electron chi connectivity index (χ1n) is 6.52. The van der Waals surface area contributed by atoms with Crippen LogP contribution < -0.4 is 4.90 Å². The maximum Gasteiger partial charge on any atom is 0.345 e. The molecule has 0 unspecified atom stereocenters. The predicted molar refractivity (Wildman–Crippen MR) is 73.5 cm³/mol. The van der Waals surface area contributed by atoms with Crippen molar-refractivity contribution in [2.75, 3.05) is 44.4 Å². The summed E-state index contributed by atoms with van der Waals surface area (Å²) in [6.45, 7) is 1.93. The second kappa shape index (κ2) is 7.00. The second-order valence-corrected chi connectivity index (χ2v) is 4.42. The molecule has 1 fully saturated rings. The molecule has 1 aromatic rings. The third kappa shape index (κ3) is 3.67. The molecule has 1 N–H and O–H groups in total. The maximum atomic E-state index is 11.9. The van der Waals surface area contributed by atoms with Gasteiger partial charge < -0.3 is 19.5 Å². The van der Waals surface area contributed by atoms with Crippen LogP contribution in [0.2, 0.25) is 0 Å². The zero-order valence-corrected chi connectivity index (χ0v) is 11.4. The minimum Gasteiger partial charge on any atom is -0.459 e. The van der Waals surface area contributed by atoms with Gasteiger partial charge in [-0.25, -0.2) is 4.79 Å². The lowest BCUT2D eigenvalue weighted by atomic mass is 10.1. The number of benzene rings is 1. The zero-order valence-electron chi connectivity index (χ0n) is 11.4. The summed E-state index contributed by atoms with van der Waals surface area (Å²) in [5.74, 6) is -0.814. The van der Waals surface area contributed by atoms with Gasteiger partial charge in [0.05, 0.1) is 24.7 Å². The van der Waals surface area contributed by atoms with Crippen molar-refractivity contribution in [2.24, 2.45) is 0 Å². The van der Waals surface area contributed by atoms with Crippen LogP contribution in [0.15, 0.2) is 18.2 Å². The lowest BCUT2D eigenvalue weighted by molar-refractivity contribution is -0.385. The van der Waals surface area contributed by atoms with Crippen LogP contribution in [0.25, 0.3) is 0 Å². The van der Waals surface area contributed by atoms with Crippen LogP contribution in [0.3, 0.4) is 0 Å². The molecule has 0 saturated carbocycles. The van der Waals surface area contributed by atoms with Crippen molar-refractivity contribution in [1.29, 1.82) is 0 Å². The molecule has 1 aliphatic rings. The summed E-state index contributed by atoms with van der Waals surface area (Å²) in [7, 11) is 0. The number of hydrogen-bond acceptors (Lipinski definition) is 7. The summed E-state index contributed by atoms with van der Waals surface area (Å²) < 4.78 is 10.0. The van der Waals surface area contributed by atoms with Gasteiger partial charge in [-0.2, -0.15) is 0 Å². The van der Waals surface area contributed by atoms with E-state index >= 15 is 0 Å². The number of aliphatic hydroxyl groups excluding tert-OH is 1. The van der Waals surface area contributed by atoms with Crippen molar-refractivity contribution in [1.82, 2.24) is 0 Å². The van der Waals surface area contributed by atoms with E-state index in [1.165, 1.54) is 12.1 Å². The Morgan fingerprint density at radius 1 is 1.43 bits per heavy atom. The minimum atomic E-state index is -0.814. The summed E-state index contributed by atoms with van der Waals surface area (Å²) in [5.41, 5.74) is 0.284. The van der Waals surface area contributed by atoms with Gasteiger partial charge >= 0.3 is 5.97 Å². The number of nitrogens with zero attached hydrogens (tertiary/aromatic N) is 2. The highest BCUT2D eigenvalue weighted by Crippen LogP contribution is 2.26. The lowest BCUT2D eigenvalue weighted by Crippen LogP contribution is -2.36. The fourth-order valence-corrected chi connectivity index (χ4v) is 2.08. The standard InChI is InChI=1S/C13H16N2O6/c16-5-8-21-13(17)11-9-10(1-2-12(11)15(18)19)14-3-6-20-7-4-14/h1-2,9,16H,3-8H2. The maximum absolute atomic E-state index is 11.9. The van der Waals surface area contributed by atoms with E-state index in [0.29, 0.717) is 32.0 Å². The fraction of sp³-hybridized carbons (Fsp3) is 0.462. The number of nitro groups is 1. The second-order valence-electron chi connectivity index (χ2n) is 4.42. The van der Waals surface area contributed by atoms with Crippen molar-refractivity contribution in [3.8, 4) is 0 Å². The number of nitro benzene ring substituents is 1. The van der Waals surface area contributed by atoms with E-state index in [2.05, 4.69) is 0 Å². The fourth-order valence-electron chi connectivity index (χ4n) is 2.08. The number of ether oxygens (including phenoxy) is 2. The Hall–Kier alpha value is -2.19. The highest BCUT2D eigenvalue weighted by molar-refractivity contribution is 5.95. The molecule has 8 nitrogen and oxygen atoms in total. The smallest absolute Gasteiger partial charge is 0.345 e. The highest BCUT2D eigenvalue weighted by atomic mass is 16.6. The number of anilines is 1. The number of morpholine rings is 1. The first kappa shape index (κ1) is 15.2. The molecule has 8 heteroatoms. The molecule has 0 spiro atoms. The van der Waals surface area contributed by atoms with E-state index in [1.807, 2.05) is 4.90 Å². The molecule has 1 heterocycles. The Morgan fingerprint density at radius 3 is 2.76 bits per heavy atom. The van der Waals surface area contributed by atoms with E-state index in [0.717, 1.165) is 0 Å². The molecule has 0 aromatic heterocycles. The molecule has 0 aliphatic carbocycles. The number of hydrogen-bond donors (Lipinski definition) is 1. The average Bonchev–Trinajstić information content (AvgIpc) is 2.52. The molecule has 114 valence electrons. The SMILES string of the molecule is O=C(OCCO)c1cc(N2CCOCC2)ccc1[N+](=O)[O-]. The van der Waals surface area contributed by atoms with Crippen LogP contribution in [-0.4, -0.2) is 55.5 Å². The summed E-state index contributed by atoms with van der Waals surface area (Å²) in [6.07, 6.45) is 0. The lowest BCUT2D eigenvalue weighted by Gasteiger charge is -2.29. The molecule has 1 saturated heterocycles. The van der Waals surface area contributed by atoms with Crippen molar-refractivity contribution in [3.63, 3.8) is 0 Å². The van der Waals surface area contributed by atoms with Crippen LogP contribution in [-0.2, 0) is 9.47 Å². The van der Waals surface area contributed by atoms with Crippen LogP contribution in [0, 0.1) is 10.1 Å². The molecule has 0 atom stereocenters. The van der Waals surface area contributed by atoms with Crippen molar-refractivity contribution in [3.05, 3.63) is 33.9 Å². The largest absolute Gasteiger partial charge is 0.459 e. The highest BCUT2D eigenvalue weighted by Gasteiger charge is 2.23. The van der Waals surface area contributed by atoms with Gasteiger partial charge in [0.15, 0.2) is 0 Å². The molecule has 0 amide bonds. The van der Waals surface area contributed by atoms with Gasteiger partial charge in [-0.1, -0.05) is 0 Å². The molecular weight excluding hydrogens is 280 g/mol. The Kier molecular flexibility index (Phi) is 5.07. The zero-order chi connectivity index (χ0) is 15.2. The molecule has 1 aliphatic heterocycles. The Morgan fingerprint density at radius 2 is 2.14 bits per heavy atom. The number of carbonyl (C=O) groups is 1. The summed E-state index contributed by atoms with van der Waals surface area (Å²) in [5, 5.41) is 19.7. The Labute approximate surface area is 121 Å². The number of esters is 1. The van der Waals surface area contributed by atoms with E-state index in [1.54, 1.807) is 6.07 Å². The molecule has 21 heavy (non-hydrogen) atoms. The predicted octanol–water partition coefficient (Wildman–Crippen LogP) is 0.581. The van der Waals surface area contributed by atoms with Gasteiger partial charge in [0.1, 0.15) is 12.2 Å². The summed E-state index contributed by atoms with van der Waals surface area (Å²) in [4.78, 5) is 24.2. The van der Waals surface area contributed by atoms with E-state index in [-0.39, 0.29) is 24.5 Å². The van der Waals surface area contributed by atoms with Gasteiger partial charge in [-0.15, -0.1) is 0 Å². The molecule has 0 radical (unpaired) electrons. The summed E-state index contributed by atoms with van der Waals surface area (Å²) in [6, 6.07) is 4.34. The number of carbonyl (C=O) groups excluding carboxylic acids is 1. The topological polar surface area (TPSA) is 102 Å². The average molecular weight is 296 g/mol. The third-order valence-corrected chi connectivity index (χ3v) is 3.10. The van der Waals surface area contributed by atoms with E-state index in [9.17, 15) is 14.9 Å². The van der Waals surface area contributed by atoms with Gasteiger partial charge in [-0.3, -0.25) is 10.1 Å². The Bertz CT molecular complexity index is 527.